The van der Waals surface area contributed by atoms with Crippen molar-refractivity contribution < 1.29 is 14.6 Å². The summed E-state index contributed by atoms with van der Waals surface area (Å²) in [4.78, 5) is 11.1. The van der Waals surface area contributed by atoms with Gasteiger partial charge in [0.25, 0.3) is 0 Å². The largest absolute Gasteiger partial charge is 0.507 e. The topological polar surface area (TPSA) is 70.9 Å². The lowest BCUT2D eigenvalue weighted by Crippen LogP contribution is -2.18. The van der Waals surface area contributed by atoms with Crippen molar-refractivity contribution in [3.8, 4) is 5.75 Å². The number of rotatable bonds is 3. The number of hydrogen-bond donors (Lipinski definition) is 2. The molecule has 0 saturated carbocycles. The van der Waals surface area contributed by atoms with Gasteiger partial charge in [-0.1, -0.05) is 30.3 Å². The second-order valence-corrected chi connectivity index (χ2v) is 3.81. The fourth-order valence-electron chi connectivity index (χ4n) is 1.73. The number of fused-ring (bicyclic) bond motifs is 1. The molecule has 2 aromatic carbocycles. The van der Waals surface area contributed by atoms with Crippen molar-refractivity contribution in [2.75, 3.05) is 6.61 Å². The summed E-state index contributed by atoms with van der Waals surface area (Å²) in [6, 6.07) is 11.0. The molecule has 0 aliphatic heterocycles. The Kier molecular flexibility index (Phi) is 3.97. The fraction of sp³-hybridized carbons (Fsp3) is 0.143. The summed E-state index contributed by atoms with van der Waals surface area (Å²) >= 11 is 0. The number of phenols is 1. The first kappa shape index (κ1) is 12.9. The zero-order valence-corrected chi connectivity index (χ0v) is 10.5. The summed E-state index contributed by atoms with van der Waals surface area (Å²) in [7, 11) is 0. The lowest BCUT2D eigenvalue weighted by molar-refractivity contribution is 0.152. The van der Waals surface area contributed by atoms with Crippen molar-refractivity contribution in [3.05, 3.63) is 42.0 Å². The summed E-state index contributed by atoms with van der Waals surface area (Å²) in [6.45, 7) is 1.99. The van der Waals surface area contributed by atoms with Crippen LogP contribution in [0.15, 0.2) is 41.5 Å². The molecule has 0 aromatic heterocycles. The van der Waals surface area contributed by atoms with E-state index in [1.807, 2.05) is 30.3 Å². The first-order valence-corrected chi connectivity index (χ1v) is 5.89. The van der Waals surface area contributed by atoms with Gasteiger partial charge >= 0.3 is 6.09 Å². The molecule has 5 heteroatoms. The molecule has 0 fully saturated rings. The Bertz CT molecular complexity index is 623. The van der Waals surface area contributed by atoms with E-state index in [1.165, 1.54) is 6.21 Å². The highest BCUT2D eigenvalue weighted by molar-refractivity contribution is 6.02. The van der Waals surface area contributed by atoms with Gasteiger partial charge in [-0.2, -0.15) is 5.10 Å². The number of benzene rings is 2. The molecule has 0 saturated heterocycles. The van der Waals surface area contributed by atoms with E-state index < -0.39 is 6.09 Å². The molecule has 19 heavy (non-hydrogen) atoms. The number of ether oxygens (including phenoxy) is 1. The first-order valence-electron chi connectivity index (χ1n) is 5.89. The van der Waals surface area contributed by atoms with Crippen molar-refractivity contribution in [1.82, 2.24) is 5.43 Å². The molecular formula is C14H14N2O3. The van der Waals surface area contributed by atoms with Crippen LogP contribution in [0.2, 0.25) is 0 Å². The van der Waals surface area contributed by atoms with Gasteiger partial charge < -0.3 is 9.84 Å². The van der Waals surface area contributed by atoms with Crippen LogP contribution in [0.3, 0.4) is 0 Å². The average Bonchev–Trinajstić information content (AvgIpc) is 2.41. The van der Waals surface area contributed by atoms with Crippen LogP contribution in [0.1, 0.15) is 12.5 Å². The van der Waals surface area contributed by atoms with Gasteiger partial charge in [0.05, 0.1) is 12.8 Å². The SMILES string of the molecule is CCOC(=O)NN=Cc1c(O)ccc2ccccc12. The number of hydrogen-bond acceptors (Lipinski definition) is 4. The first-order chi connectivity index (χ1) is 9.22. The van der Waals surface area contributed by atoms with Crippen LogP contribution in [0, 0.1) is 0 Å². The monoisotopic (exact) mass is 258 g/mol. The minimum Gasteiger partial charge on any atom is -0.507 e. The summed E-state index contributed by atoms with van der Waals surface area (Å²) < 4.78 is 4.67. The molecule has 98 valence electrons. The van der Waals surface area contributed by atoms with Gasteiger partial charge in [-0.3, -0.25) is 0 Å². The lowest BCUT2D eigenvalue weighted by Gasteiger charge is -2.04. The highest BCUT2D eigenvalue weighted by Crippen LogP contribution is 2.25. The zero-order valence-electron chi connectivity index (χ0n) is 10.5. The maximum absolute atomic E-state index is 11.1. The third kappa shape index (κ3) is 3.01. The number of phenolic OH excluding ortho intramolecular Hbond substituents is 1. The molecule has 0 spiro atoms. The average molecular weight is 258 g/mol. The third-order valence-corrected chi connectivity index (χ3v) is 2.57. The highest BCUT2D eigenvalue weighted by Gasteiger charge is 2.04. The Balaban J connectivity index is 2.27. The predicted molar refractivity (Wildman–Crippen MR) is 73.4 cm³/mol. The summed E-state index contributed by atoms with van der Waals surface area (Å²) in [5, 5.41) is 15.4. The number of hydrazone groups is 1. The fourth-order valence-corrected chi connectivity index (χ4v) is 1.73. The number of amides is 1. The van der Waals surface area contributed by atoms with Gasteiger partial charge in [-0.15, -0.1) is 0 Å². The molecule has 0 bridgehead atoms. The zero-order chi connectivity index (χ0) is 13.7. The van der Waals surface area contributed by atoms with E-state index >= 15 is 0 Å². The van der Waals surface area contributed by atoms with E-state index in [4.69, 9.17) is 0 Å². The highest BCUT2D eigenvalue weighted by atomic mass is 16.5. The third-order valence-electron chi connectivity index (χ3n) is 2.57. The Morgan fingerprint density at radius 3 is 2.95 bits per heavy atom. The van der Waals surface area contributed by atoms with Gasteiger partial charge in [0, 0.05) is 5.56 Å². The molecule has 1 amide bonds. The van der Waals surface area contributed by atoms with Crippen molar-refractivity contribution in [2.45, 2.75) is 6.92 Å². The Labute approximate surface area is 110 Å². The molecule has 2 aromatic rings. The van der Waals surface area contributed by atoms with E-state index in [9.17, 15) is 9.90 Å². The molecule has 0 unspecified atom stereocenters. The normalized spacial score (nSPS) is 10.8. The van der Waals surface area contributed by atoms with E-state index in [0.717, 1.165) is 10.8 Å². The summed E-state index contributed by atoms with van der Waals surface area (Å²) in [5.41, 5.74) is 2.77. The smallest absolute Gasteiger partial charge is 0.427 e. The van der Waals surface area contributed by atoms with Crippen LogP contribution < -0.4 is 5.43 Å². The van der Waals surface area contributed by atoms with Gasteiger partial charge in [-0.25, -0.2) is 10.2 Å². The van der Waals surface area contributed by atoms with Crippen LogP contribution in [0.5, 0.6) is 5.75 Å². The quantitative estimate of drug-likeness (QED) is 0.656. The molecular weight excluding hydrogens is 244 g/mol. The molecule has 0 aliphatic rings. The van der Waals surface area contributed by atoms with E-state index in [-0.39, 0.29) is 12.4 Å². The van der Waals surface area contributed by atoms with Crippen LogP contribution in [-0.4, -0.2) is 24.0 Å². The number of carbonyl (C=O) groups is 1. The lowest BCUT2D eigenvalue weighted by atomic mass is 10.0. The van der Waals surface area contributed by atoms with Gasteiger partial charge in [0.2, 0.25) is 0 Å². The molecule has 5 nitrogen and oxygen atoms in total. The van der Waals surface area contributed by atoms with Crippen molar-refractivity contribution in [1.29, 1.82) is 0 Å². The summed E-state index contributed by atoms with van der Waals surface area (Å²) in [6.07, 6.45) is 0.771. The molecule has 0 aliphatic carbocycles. The summed E-state index contributed by atoms with van der Waals surface area (Å²) in [5.74, 6) is 0.105. The second-order valence-electron chi connectivity index (χ2n) is 3.81. The second kappa shape index (κ2) is 5.86. The Hall–Kier alpha value is -2.56. The minimum absolute atomic E-state index is 0.105. The van der Waals surface area contributed by atoms with Crippen molar-refractivity contribution >= 4 is 23.1 Å². The molecule has 2 rings (SSSR count). The number of nitrogens with zero attached hydrogens (tertiary/aromatic N) is 1. The maximum Gasteiger partial charge on any atom is 0.427 e. The predicted octanol–water partition coefficient (Wildman–Crippen LogP) is 2.63. The van der Waals surface area contributed by atoms with E-state index in [1.54, 1.807) is 13.0 Å². The van der Waals surface area contributed by atoms with Crippen molar-refractivity contribution in [2.24, 2.45) is 5.10 Å². The van der Waals surface area contributed by atoms with Crippen molar-refractivity contribution in [3.63, 3.8) is 0 Å². The van der Waals surface area contributed by atoms with Crippen LogP contribution in [-0.2, 0) is 4.74 Å². The molecule has 0 heterocycles. The van der Waals surface area contributed by atoms with Crippen LogP contribution in [0.4, 0.5) is 4.79 Å². The molecule has 0 radical (unpaired) electrons. The molecule has 2 N–H and O–H groups in total. The van der Waals surface area contributed by atoms with E-state index in [2.05, 4.69) is 15.3 Å². The molecule has 0 atom stereocenters. The number of aromatic hydroxyl groups is 1. The Morgan fingerprint density at radius 2 is 2.16 bits per heavy atom. The standard InChI is InChI=1S/C14H14N2O3/c1-2-19-14(18)16-15-9-12-11-6-4-3-5-10(11)7-8-13(12)17/h3-9,17H,2H2,1H3,(H,16,18). The maximum atomic E-state index is 11.1. The van der Waals surface area contributed by atoms with E-state index in [0.29, 0.717) is 5.56 Å². The Morgan fingerprint density at radius 1 is 1.37 bits per heavy atom. The minimum atomic E-state index is -0.626. The van der Waals surface area contributed by atoms with Gasteiger partial charge in [0.1, 0.15) is 5.75 Å². The number of nitrogens with one attached hydrogen (secondary N) is 1. The van der Waals surface area contributed by atoms with Gasteiger partial charge in [0.15, 0.2) is 0 Å². The van der Waals surface area contributed by atoms with Gasteiger partial charge in [-0.05, 0) is 23.8 Å². The number of carbonyl (C=O) groups excluding carboxylic acids is 1. The van der Waals surface area contributed by atoms with Crippen LogP contribution >= 0.6 is 0 Å². The van der Waals surface area contributed by atoms with Crippen LogP contribution in [0.25, 0.3) is 10.8 Å².